The number of benzene rings is 2. The molecule has 0 atom stereocenters. The molecular weight excluding hydrogens is 406 g/mol. The van der Waals surface area contributed by atoms with Crippen LogP contribution in [-0.4, -0.2) is 23.7 Å². The van der Waals surface area contributed by atoms with Crippen molar-refractivity contribution in [3.05, 3.63) is 63.6 Å². The number of hydrogen-bond donors (Lipinski definition) is 2. The number of rotatable bonds is 4. The summed E-state index contributed by atoms with van der Waals surface area (Å²) in [5.74, 6) is -2.63. The van der Waals surface area contributed by atoms with Crippen molar-refractivity contribution in [2.24, 2.45) is 5.10 Å². The first-order valence-electron chi connectivity index (χ1n) is 7.36. The summed E-state index contributed by atoms with van der Waals surface area (Å²) in [4.78, 5) is 23.1. The van der Waals surface area contributed by atoms with E-state index < -0.39 is 18.0 Å². The molecule has 0 spiro atoms. The van der Waals surface area contributed by atoms with Crippen LogP contribution in [0.5, 0.6) is 0 Å². The zero-order chi connectivity index (χ0) is 20.2. The van der Waals surface area contributed by atoms with E-state index in [1.54, 1.807) is 18.3 Å². The Labute approximate surface area is 162 Å². The molecule has 27 heavy (non-hydrogen) atoms. The number of carbonyl (C=O) groups excluding carboxylic acids is 2. The normalized spacial score (nSPS) is 11.9. The van der Waals surface area contributed by atoms with E-state index >= 15 is 0 Å². The molecule has 0 unspecified atom stereocenters. The average Bonchev–Trinajstić information content (AvgIpc) is 2.61. The lowest BCUT2D eigenvalue weighted by Crippen LogP contribution is -2.29. The number of nitrogens with zero attached hydrogens (tertiary/aromatic N) is 1. The van der Waals surface area contributed by atoms with Gasteiger partial charge in [0.25, 0.3) is 5.91 Å². The molecule has 2 rings (SSSR count). The van der Waals surface area contributed by atoms with Crippen molar-refractivity contribution in [1.82, 2.24) is 5.43 Å². The third-order valence-electron chi connectivity index (χ3n) is 3.30. The maximum Gasteiger partial charge on any atom is 0.471 e. The van der Waals surface area contributed by atoms with Gasteiger partial charge in [0.2, 0.25) is 0 Å². The van der Waals surface area contributed by atoms with E-state index in [-0.39, 0.29) is 16.3 Å². The molecule has 5 nitrogen and oxygen atoms in total. The highest BCUT2D eigenvalue weighted by molar-refractivity contribution is 6.42. The summed E-state index contributed by atoms with van der Waals surface area (Å²) >= 11 is 11.6. The fourth-order valence-electron chi connectivity index (χ4n) is 1.93. The molecule has 0 aliphatic carbocycles. The molecule has 0 aliphatic heterocycles. The minimum atomic E-state index is -4.99. The van der Waals surface area contributed by atoms with Crippen LogP contribution in [0.25, 0.3) is 0 Å². The quantitative estimate of drug-likeness (QED) is 0.561. The van der Waals surface area contributed by atoms with E-state index in [9.17, 15) is 22.8 Å². The molecular formula is C17H12Cl2F3N3O2. The molecule has 142 valence electrons. The number of amides is 2. The monoisotopic (exact) mass is 417 g/mol. The van der Waals surface area contributed by atoms with Crippen LogP contribution in [0.1, 0.15) is 22.8 Å². The van der Waals surface area contributed by atoms with Crippen molar-refractivity contribution < 1.29 is 22.8 Å². The van der Waals surface area contributed by atoms with Gasteiger partial charge in [-0.3, -0.25) is 9.59 Å². The predicted octanol–water partition coefficient (Wildman–Crippen LogP) is 4.65. The molecule has 2 N–H and O–H groups in total. The van der Waals surface area contributed by atoms with Crippen molar-refractivity contribution in [2.45, 2.75) is 13.1 Å². The van der Waals surface area contributed by atoms with Gasteiger partial charge in [0.1, 0.15) is 0 Å². The Morgan fingerprint density at radius 2 is 1.70 bits per heavy atom. The molecule has 0 aromatic heterocycles. The lowest BCUT2D eigenvalue weighted by atomic mass is 10.1. The number of hydrogen-bond acceptors (Lipinski definition) is 3. The van der Waals surface area contributed by atoms with Crippen LogP contribution in [0.15, 0.2) is 47.6 Å². The molecule has 10 heteroatoms. The highest BCUT2D eigenvalue weighted by atomic mass is 35.5. The van der Waals surface area contributed by atoms with Crippen molar-refractivity contribution >= 4 is 46.4 Å². The summed E-state index contributed by atoms with van der Waals surface area (Å²) in [6.07, 6.45) is -4.99. The Kier molecular flexibility index (Phi) is 6.45. The molecule has 2 aromatic carbocycles. The number of anilines is 1. The Morgan fingerprint density at radius 1 is 1.00 bits per heavy atom. The van der Waals surface area contributed by atoms with Crippen molar-refractivity contribution in [3.8, 4) is 0 Å². The van der Waals surface area contributed by atoms with Crippen LogP contribution in [-0.2, 0) is 4.79 Å². The van der Waals surface area contributed by atoms with Crippen LogP contribution < -0.4 is 10.7 Å². The lowest BCUT2D eigenvalue weighted by Gasteiger charge is -2.09. The first-order chi connectivity index (χ1) is 12.6. The second-order valence-corrected chi connectivity index (χ2v) is 6.11. The van der Waals surface area contributed by atoms with E-state index in [0.29, 0.717) is 16.3 Å². The zero-order valence-corrected chi connectivity index (χ0v) is 15.2. The van der Waals surface area contributed by atoms with Crippen LogP contribution in [0.4, 0.5) is 18.9 Å². The van der Waals surface area contributed by atoms with Crippen LogP contribution in [0, 0.1) is 0 Å². The molecule has 0 bridgehead atoms. The molecule has 0 heterocycles. The van der Waals surface area contributed by atoms with Gasteiger partial charge in [-0.15, -0.1) is 0 Å². The summed E-state index contributed by atoms with van der Waals surface area (Å²) in [5.41, 5.74) is 3.20. The number of halogens is 5. The van der Waals surface area contributed by atoms with Gasteiger partial charge in [-0.25, -0.2) is 5.43 Å². The van der Waals surface area contributed by atoms with E-state index in [1.165, 1.54) is 36.4 Å². The van der Waals surface area contributed by atoms with Gasteiger partial charge in [0.05, 0.1) is 15.8 Å². The lowest BCUT2D eigenvalue weighted by molar-refractivity contribution is -0.167. The standard InChI is InChI=1S/C17H12Cl2F3N3O2/c1-9(24-25-15(26)11-5-6-13(18)14(19)8-11)10-3-2-4-12(7-10)23-16(27)17(20,21)22/h2-8H,1H3,(H,23,27)(H,25,26). The fourth-order valence-corrected chi connectivity index (χ4v) is 2.22. The first kappa shape index (κ1) is 20.7. The van der Waals surface area contributed by atoms with Gasteiger partial charge in [0, 0.05) is 11.3 Å². The van der Waals surface area contributed by atoms with Crippen molar-refractivity contribution in [1.29, 1.82) is 0 Å². The molecule has 0 radical (unpaired) electrons. The maximum absolute atomic E-state index is 12.3. The van der Waals surface area contributed by atoms with Gasteiger partial charge >= 0.3 is 12.1 Å². The van der Waals surface area contributed by atoms with Gasteiger partial charge in [-0.05, 0) is 42.8 Å². The van der Waals surface area contributed by atoms with Gasteiger partial charge in [0.15, 0.2) is 0 Å². The second kappa shape index (κ2) is 8.41. The van der Waals surface area contributed by atoms with Gasteiger partial charge in [-0.1, -0.05) is 35.3 Å². The third-order valence-corrected chi connectivity index (χ3v) is 4.04. The Morgan fingerprint density at radius 3 is 2.33 bits per heavy atom. The van der Waals surface area contributed by atoms with E-state index in [0.717, 1.165) is 0 Å². The Bertz CT molecular complexity index is 915. The topological polar surface area (TPSA) is 70.6 Å². The van der Waals surface area contributed by atoms with Gasteiger partial charge < -0.3 is 5.32 Å². The number of carbonyl (C=O) groups is 2. The summed E-state index contributed by atoms with van der Waals surface area (Å²) in [6, 6.07) is 9.90. The van der Waals surface area contributed by atoms with Gasteiger partial charge in [-0.2, -0.15) is 18.3 Å². The smallest absolute Gasteiger partial charge is 0.318 e. The predicted molar refractivity (Wildman–Crippen MR) is 97.3 cm³/mol. The number of hydrazone groups is 1. The van der Waals surface area contributed by atoms with Crippen LogP contribution in [0.2, 0.25) is 10.0 Å². The molecule has 2 amide bonds. The average molecular weight is 418 g/mol. The summed E-state index contributed by atoms with van der Waals surface area (Å²) < 4.78 is 37.0. The summed E-state index contributed by atoms with van der Waals surface area (Å²) in [5, 5.41) is 6.15. The summed E-state index contributed by atoms with van der Waals surface area (Å²) in [6.45, 7) is 1.54. The van der Waals surface area contributed by atoms with E-state index in [1.807, 2.05) is 0 Å². The molecule has 2 aromatic rings. The largest absolute Gasteiger partial charge is 0.471 e. The van der Waals surface area contributed by atoms with Crippen molar-refractivity contribution in [3.63, 3.8) is 0 Å². The number of alkyl halides is 3. The number of nitrogens with one attached hydrogen (secondary N) is 2. The van der Waals surface area contributed by atoms with Crippen LogP contribution in [0.3, 0.4) is 0 Å². The first-order valence-corrected chi connectivity index (χ1v) is 8.12. The zero-order valence-electron chi connectivity index (χ0n) is 13.7. The maximum atomic E-state index is 12.3. The van der Waals surface area contributed by atoms with E-state index in [4.69, 9.17) is 23.2 Å². The Hall–Kier alpha value is -2.58. The molecule has 0 saturated heterocycles. The minimum Gasteiger partial charge on any atom is -0.318 e. The second-order valence-electron chi connectivity index (χ2n) is 5.30. The van der Waals surface area contributed by atoms with Crippen LogP contribution >= 0.6 is 23.2 Å². The molecule has 0 fully saturated rings. The fraction of sp³-hybridized carbons (Fsp3) is 0.118. The summed E-state index contributed by atoms with van der Waals surface area (Å²) in [7, 11) is 0. The molecule has 0 saturated carbocycles. The molecule has 0 aliphatic rings. The minimum absolute atomic E-state index is 0.0554. The van der Waals surface area contributed by atoms with Crippen molar-refractivity contribution in [2.75, 3.05) is 5.32 Å². The highest BCUT2D eigenvalue weighted by Crippen LogP contribution is 2.22. The Balaban J connectivity index is 2.11. The SMILES string of the molecule is CC(=NNC(=O)c1ccc(Cl)c(Cl)c1)c1cccc(NC(=O)C(F)(F)F)c1. The van der Waals surface area contributed by atoms with E-state index in [2.05, 4.69) is 10.5 Å². The third kappa shape index (κ3) is 5.70. The highest BCUT2D eigenvalue weighted by Gasteiger charge is 2.38.